The van der Waals surface area contributed by atoms with Gasteiger partial charge in [-0.3, -0.25) is 14.6 Å². The molecule has 0 spiro atoms. The lowest BCUT2D eigenvalue weighted by Gasteiger charge is -2.30. The Morgan fingerprint density at radius 2 is 2.05 bits per heavy atom. The third-order valence-corrected chi connectivity index (χ3v) is 7.07. The van der Waals surface area contributed by atoms with Gasteiger partial charge in [0.2, 0.25) is 0 Å². The molecule has 0 bridgehead atoms. The number of ether oxygens (including phenoxy) is 1. The Labute approximate surface area is 216 Å². The van der Waals surface area contributed by atoms with Crippen LogP contribution < -0.4 is 15.4 Å². The zero-order valence-electron chi connectivity index (χ0n) is 20.9. The van der Waals surface area contributed by atoms with Gasteiger partial charge in [-0.1, -0.05) is 30.3 Å². The van der Waals surface area contributed by atoms with Crippen molar-refractivity contribution in [1.29, 1.82) is 0 Å². The first-order valence-corrected chi connectivity index (χ1v) is 12.8. The van der Waals surface area contributed by atoms with Crippen LogP contribution in [-0.2, 0) is 25.9 Å². The molecule has 2 atom stereocenters. The number of nitrogens with zero attached hydrogens (tertiary/aromatic N) is 2. The zero-order chi connectivity index (χ0) is 25.8. The highest BCUT2D eigenvalue weighted by molar-refractivity contribution is 6.03. The highest BCUT2D eigenvalue weighted by Gasteiger charge is 2.31. The molecule has 3 aromatic rings. The lowest BCUT2D eigenvalue weighted by Crippen LogP contribution is -2.49. The number of carbonyl (C=O) groups excluding carboxylic acids is 2. The van der Waals surface area contributed by atoms with E-state index in [0.29, 0.717) is 56.0 Å². The minimum atomic E-state index is -0.744. The van der Waals surface area contributed by atoms with E-state index in [-0.39, 0.29) is 24.4 Å². The number of nitrogens with one attached hydrogen (secondary N) is 2. The van der Waals surface area contributed by atoms with Gasteiger partial charge in [0.25, 0.3) is 11.8 Å². The van der Waals surface area contributed by atoms with Crippen LogP contribution in [0.4, 0.5) is 0 Å². The Kier molecular flexibility index (Phi) is 7.48. The zero-order valence-corrected chi connectivity index (χ0v) is 20.9. The Morgan fingerprint density at radius 3 is 2.84 bits per heavy atom. The Bertz CT molecular complexity index is 1280. The van der Waals surface area contributed by atoms with Gasteiger partial charge in [-0.15, -0.1) is 0 Å². The maximum absolute atomic E-state index is 13.2. The standard InChI is InChI=1S/C29H32N4O4/c1-2-37-27-14-23-22(18-33(29(23)36)11-9-19-6-5-10-30-15-19)12-24(27)28(35)32-17-26(34)25-13-20-7-3-4-8-21(20)16-31-25/h3-8,10,12,14-15,25-26,31,34H,2,9,11,13,16-18H2,1H3,(H,32,35)/t25-,26+/m0/s1. The molecular formula is C29H32N4O4. The summed E-state index contributed by atoms with van der Waals surface area (Å²) in [6.07, 6.45) is 4.20. The molecule has 37 heavy (non-hydrogen) atoms. The highest BCUT2D eigenvalue weighted by Crippen LogP contribution is 2.31. The van der Waals surface area contributed by atoms with Crippen LogP contribution in [0, 0.1) is 0 Å². The molecule has 8 heteroatoms. The van der Waals surface area contributed by atoms with Gasteiger partial charge < -0.3 is 25.4 Å². The minimum Gasteiger partial charge on any atom is -0.493 e. The molecular weight excluding hydrogens is 468 g/mol. The van der Waals surface area contributed by atoms with E-state index in [0.717, 1.165) is 11.1 Å². The molecule has 2 amide bonds. The number of fused-ring (bicyclic) bond motifs is 2. The lowest BCUT2D eigenvalue weighted by molar-refractivity contribution is 0.0779. The van der Waals surface area contributed by atoms with Crippen molar-refractivity contribution in [2.24, 2.45) is 0 Å². The monoisotopic (exact) mass is 500 g/mol. The van der Waals surface area contributed by atoms with Crippen LogP contribution in [0.3, 0.4) is 0 Å². The van der Waals surface area contributed by atoms with Gasteiger partial charge in [-0.25, -0.2) is 0 Å². The van der Waals surface area contributed by atoms with E-state index in [1.54, 1.807) is 29.4 Å². The largest absolute Gasteiger partial charge is 0.493 e. The molecule has 8 nitrogen and oxygen atoms in total. The van der Waals surface area contributed by atoms with Gasteiger partial charge in [0.15, 0.2) is 0 Å². The van der Waals surface area contributed by atoms with Gasteiger partial charge in [0.1, 0.15) is 5.75 Å². The van der Waals surface area contributed by atoms with Crippen molar-refractivity contribution in [3.63, 3.8) is 0 Å². The van der Waals surface area contributed by atoms with Crippen LogP contribution in [0.5, 0.6) is 5.75 Å². The second kappa shape index (κ2) is 11.1. The molecule has 3 heterocycles. The summed E-state index contributed by atoms with van der Waals surface area (Å²) in [4.78, 5) is 32.1. The second-order valence-corrected chi connectivity index (χ2v) is 9.51. The first kappa shape index (κ1) is 24.9. The van der Waals surface area contributed by atoms with Crippen molar-refractivity contribution >= 4 is 11.8 Å². The summed E-state index contributed by atoms with van der Waals surface area (Å²) in [7, 11) is 0. The van der Waals surface area contributed by atoms with E-state index in [1.807, 2.05) is 31.2 Å². The number of aliphatic hydroxyl groups is 1. The normalized spacial score (nSPS) is 17.2. The van der Waals surface area contributed by atoms with E-state index < -0.39 is 6.10 Å². The number of amides is 2. The Balaban J connectivity index is 1.24. The SMILES string of the molecule is CCOc1cc2c(cc1C(=O)NC[C@@H](O)[C@@H]1Cc3ccccc3CN1)CN(CCc1cccnc1)C2=O. The molecule has 2 aliphatic heterocycles. The summed E-state index contributed by atoms with van der Waals surface area (Å²) >= 11 is 0. The van der Waals surface area contributed by atoms with Crippen LogP contribution >= 0.6 is 0 Å². The van der Waals surface area contributed by atoms with Crippen molar-refractivity contribution in [1.82, 2.24) is 20.5 Å². The number of carbonyl (C=O) groups is 2. The van der Waals surface area contributed by atoms with Crippen LogP contribution in [0.2, 0.25) is 0 Å². The van der Waals surface area contributed by atoms with Crippen LogP contribution in [-0.4, -0.2) is 58.6 Å². The quantitative estimate of drug-likeness (QED) is 0.417. The highest BCUT2D eigenvalue weighted by atomic mass is 16.5. The molecule has 0 radical (unpaired) electrons. The van der Waals surface area contributed by atoms with E-state index >= 15 is 0 Å². The summed E-state index contributed by atoms with van der Waals surface area (Å²) in [5.74, 6) is -0.0194. The average Bonchev–Trinajstić information content (AvgIpc) is 3.24. The summed E-state index contributed by atoms with van der Waals surface area (Å²) in [6, 6.07) is 15.3. The predicted molar refractivity (Wildman–Crippen MR) is 139 cm³/mol. The number of benzene rings is 2. The van der Waals surface area contributed by atoms with E-state index in [9.17, 15) is 14.7 Å². The Hall–Kier alpha value is -3.75. The fourth-order valence-corrected chi connectivity index (χ4v) is 5.03. The fourth-order valence-electron chi connectivity index (χ4n) is 5.03. The summed E-state index contributed by atoms with van der Waals surface area (Å²) < 4.78 is 5.74. The Morgan fingerprint density at radius 1 is 1.22 bits per heavy atom. The molecule has 1 aromatic heterocycles. The topological polar surface area (TPSA) is 104 Å². The van der Waals surface area contributed by atoms with E-state index in [1.165, 1.54) is 11.1 Å². The van der Waals surface area contributed by atoms with Crippen molar-refractivity contribution in [2.75, 3.05) is 19.7 Å². The van der Waals surface area contributed by atoms with Crippen LogP contribution in [0.25, 0.3) is 0 Å². The number of rotatable bonds is 9. The van der Waals surface area contributed by atoms with Gasteiger partial charge in [0, 0.05) is 50.2 Å². The minimum absolute atomic E-state index is 0.0640. The maximum Gasteiger partial charge on any atom is 0.255 e. The summed E-state index contributed by atoms with van der Waals surface area (Å²) in [5, 5.41) is 17.0. The molecule has 192 valence electrons. The molecule has 0 saturated carbocycles. The molecule has 5 rings (SSSR count). The number of aromatic nitrogens is 1. The molecule has 2 aromatic carbocycles. The number of pyridine rings is 1. The molecule has 0 fully saturated rings. The first-order chi connectivity index (χ1) is 18.0. The summed E-state index contributed by atoms with van der Waals surface area (Å²) in [6.45, 7) is 4.01. The third-order valence-electron chi connectivity index (χ3n) is 7.07. The van der Waals surface area contributed by atoms with Crippen LogP contribution in [0.1, 0.15) is 49.9 Å². The third kappa shape index (κ3) is 5.50. The maximum atomic E-state index is 13.2. The molecule has 2 aliphatic rings. The van der Waals surface area contributed by atoms with Crippen molar-refractivity contribution in [3.8, 4) is 5.75 Å². The van der Waals surface area contributed by atoms with Crippen molar-refractivity contribution in [2.45, 2.75) is 45.0 Å². The molecule has 3 N–H and O–H groups in total. The first-order valence-electron chi connectivity index (χ1n) is 12.8. The van der Waals surface area contributed by atoms with E-state index in [4.69, 9.17) is 4.74 Å². The summed E-state index contributed by atoms with van der Waals surface area (Å²) in [5.41, 5.74) is 5.25. The molecule has 0 unspecified atom stereocenters. The number of hydrogen-bond acceptors (Lipinski definition) is 6. The molecule has 0 aliphatic carbocycles. The predicted octanol–water partition coefficient (Wildman–Crippen LogP) is 2.48. The van der Waals surface area contributed by atoms with Crippen molar-refractivity contribution < 1.29 is 19.4 Å². The smallest absolute Gasteiger partial charge is 0.255 e. The number of hydrogen-bond donors (Lipinski definition) is 3. The fraction of sp³-hybridized carbons (Fsp3) is 0.345. The van der Waals surface area contributed by atoms with Gasteiger partial charge >= 0.3 is 0 Å². The average molecular weight is 501 g/mol. The van der Waals surface area contributed by atoms with Gasteiger partial charge in [0.05, 0.1) is 18.3 Å². The van der Waals surface area contributed by atoms with Crippen molar-refractivity contribution in [3.05, 3.63) is 94.3 Å². The molecule has 0 saturated heterocycles. The number of aliphatic hydroxyl groups excluding tert-OH is 1. The van der Waals surface area contributed by atoms with E-state index in [2.05, 4.69) is 27.8 Å². The van der Waals surface area contributed by atoms with Gasteiger partial charge in [-0.2, -0.15) is 0 Å². The van der Waals surface area contributed by atoms with Gasteiger partial charge in [-0.05, 0) is 60.2 Å². The lowest BCUT2D eigenvalue weighted by atomic mass is 9.93. The second-order valence-electron chi connectivity index (χ2n) is 9.51. The van der Waals surface area contributed by atoms with Crippen LogP contribution in [0.15, 0.2) is 60.9 Å².